The lowest BCUT2D eigenvalue weighted by Crippen LogP contribution is -2.51. The van der Waals surface area contributed by atoms with E-state index in [4.69, 9.17) is 5.73 Å². The fourth-order valence-electron chi connectivity index (χ4n) is 2.39. The molecule has 1 amide bonds. The van der Waals surface area contributed by atoms with E-state index in [2.05, 4.69) is 23.8 Å². The summed E-state index contributed by atoms with van der Waals surface area (Å²) in [4.78, 5) is 18.5. The minimum absolute atomic E-state index is 0.231. The van der Waals surface area contributed by atoms with Gasteiger partial charge in [-0.3, -0.25) is 9.69 Å². The first kappa shape index (κ1) is 15.4. The van der Waals surface area contributed by atoms with Crippen LogP contribution in [0.5, 0.6) is 0 Å². The maximum absolute atomic E-state index is 11.9. The van der Waals surface area contributed by atoms with Crippen molar-refractivity contribution in [3.63, 3.8) is 0 Å². The molecule has 5 heteroatoms. The molecule has 0 bridgehead atoms. The van der Waals surface area contributed by atoms with Crippen LogP contribution in [0.25, 0.3) is 0 Å². The standard InChI is InChI=1S/C13H28N4O/c1-12-11-15(2)9-10-17(12)8-5-13(18)16(3)7-4-6-14/h12H,4-11,14H2,1-3H3. The van der Waals surface area contributed by atoms with Gasteiger partial charge in [-0.25, -0.2) is 0 Å². The summed E-state index contributed by atoms with van der Waals surface area (Å²) in [5.74, 6) is 0.231. The highest BCUT2D eigenvalue weighted by Gasteiger charge is 2.22. The topological polar surface area (TPSA) is 52.8 Å². The SMILES string of the molecule is CC1CN(C)CCN1CCC(=O)N(C)CCCN. The van der Waals surface area contributed by atoms with E-state index < -0.39 is 0 Å². The van der Waals surface area contributed by atoms with Crippen molar-refractivity contribution in [1.82, 2.24) is 14.7 Å². The average Bonchev–Trinajstić information content (AvgIpc) is 2.34. The molecule has 18 heavy (non-hydrogen) atoms. The summed E-state index contributed by atoms with van der Waals surface area (Å²) >= 11 is 0. The van der Waals surface area contributed by atoms with E-state index in [1.165, 1.54) is 0 Å². The first-order valence-corrected chi connectivity index (χ1v) is 6.91. The maximum Gasteiger partial charge on any atom is 0.223 e. The molecule has 0 radical (unpaired) electrons. The van der Waals surface area contributed by atoms with Crippen LogP contribution in [0, 0.1) is 0 Å². The third-order valence-corrected chi connectivity index (χ3v) is 3.70. The predicted molar refractivity (Wildman–Crippen MR) is 74.5 cm³/mol. The maximum atomic E-state index is 11.9. The Bertz CT molecular complexity index is 259. The van der Waals surface area contributed by atoms with E-state index in [1.807, 2.05) is 7.05 Å². The summed E-state index contributed by atoms with van der Waals surface area (Å²) in [6, 6.07) is 0.547. The molecule has 0 aromatic rings. The Morgan fingerprint density at radius 3 is 2.78 bits per heavy atom. The van der Waals surface area contributed by atoms with Crippen LogP contribution in [-0.2, 0) is 4.79 Å². The van der Waals surface area contributed by atoms with Crippen molar-refractivity contribution in [3.8, 4) is 0 Å². The number of carbonyl (C=O) groups is 1. The molecule has 1 atom stereocenters. The van der Waals surface area contributed by atoms with Crippen LogP contribution in [0.15, 0.2) is 0 Å². The molecule has 5 nitrogen and oxygen atoms in total. The van der Waals surface area contributed by atoms with Gasteiger partial charge < -0.3 is 15.5 Å². The summed E-state index contributed by atoms with van der Waals surface area (Å²) < 4.78 is 0. The molecule has 106 valence electrons. The van der Waals surface area contributed by atoms with Crippen molar-refractivity contribution in [2.24, 2.45) is 5.73 Å². The van der Waals surface area contributed by atoms with Crippen molar-refractivity contribution in [2.75, 3.05) is 53.4 Å². The number of hydrogen-bond donors (Lipinski definition) is 1. The van der Waals surface area contributed by atoms with Gasteiger partial charge in [-0.15, -0.1) is 0 Å². The third kappa shape index (κ3) is 4.92. The van der Waals surface area contributed by atoms with Crippen LogP contribution in [0.1, 0.15) is 19.8 Å². The van der Waals surface area contributed by atoms with Gasteiger partial charge >= 0.3 is 0 Å². The van der Waals surface area contributed by atoms with Crippen LogP contribution < -0.4 is 5.73 Å². The number of nitrogens with two attached hydrogens (primary N) is 1. The van der Waals surface area contributed by atoms with Gasteiger partial charge in [-0.2, -0.15) is 0 Å². The van der Waals surface area contributed by atoms with Gasteiger partial charge in [0.1, 0.15) is 0 Å². The average molecular weight is 256 g/mol. The minimum Gasteiger partial charge on any atom is -0.346 e. The lowest BCUT2D eigenvalue weighted by atomic mass is 10.2. The summed E-state index contributed by atoms with van der Waals surface area (Å²) in [5.41, 5.74) is 5.45. The summed E-state index contributed by atoms with van der Waals surface area (Å²) in [6.45, 7) is 7.79. The molecule has 2 N–H and O–H groups in total. The summed E-state index contributed by atoms with van der Waals surface area (Å²) in [6.07, 6.45) is 1.50. The molecular weight excluding hydrogens is 228 g/mol. The van der Waals surface area contributed by atoms with Crippen LogP contribution in [-0.4, -0.2) is 80.0 Å². The summed E-state index contributed by atoms with van der Waals surface area (Å²) in [7, 11) is 4.02. The number of hydrogen-bond acceptors (Lipinski definition) is 4. The van der Waals surface area contributed by atoms with Crippen molar-refractivity contribution >= 4 is 5.91 Å². The van der Waals surface area contributed by atoms with Crippen LogP contribution >= 0.6 is 0 Å². The molecule has 0 saturated carbocycles. The normalized spacial score (nSPS) is 22.1. The second-order valence-corrected chi connectivity index (χ2v) is 5.35. The second-order valence-electron chi connectivity index (χ2n) is 5.35. The molecule has 1 aliphatic rings. The Kier molecular flexibility index (Phi) is 6.60. The van der Waals surface area contributed by atoms with E-state index in [0.29, 0.717) is 19.0 Å². The van der Waals surface area contributed by atoms with Gasteiger partial charge in [-0.05, 0) is 26.9 Å². The fraction of sp³-hybridized carbons (Fsp3) is 0.923. The van der Waals surface area contributed by atoms with Crippen LogP contribution in [0.4, 0.5) is 0 Å². The predicted octanol–water partition coefficient (Wildman–Crippen LogP) is -0.180. The number of amides is 1. The van der Waals surface area contributed by atoms with Crippen molar-refractivity contribution in [3.05, 3.63) is 0 Å². The molecule has 1 aliphatic heterocycles. The van der Waals surface area contributed by atoms with Gasteiger partial charge in [0.15, 0.2) is 0 Å². The van der Waals surface area contributed by atoms with E-state index in [0.717, 1.165) is 39.1 Å². The quantitative estimate of drug-likeness (QED) is 0.716. The van der Waals surface area contributed by atoms with Crippen molar-refractivity contribution in [1.29, 1.82) is 0 Å². The van der Waals surface area contributed by atoms with Crippen molar-refractivity contribution < 1.29 is 4.79 Å². The van der Waals surface area contributed by atoms with E-state index in [1.54, 1.807) is 4.90 Å². The molecule has 0 aliphatic carbocycles. The zero-order valence-electron chi connectivity index (χ0n) is 12.1. The van der Waals surface area contributed by atoms with Crippen LogP contribution in [0.2, 0.25) is 0 Å². The molecule has 1 heterocycles. The molecule has 1 rings (SSSR count). The smallest absolute Gasteiger partial charge is 0.223 e. The van der Waals surface area contributed by atoms with E-state index >= 15 is 0 Å². The molecular formula is C13H28N4O. The lowest BCUT2D eigenvalue weighted by molar-refractivity contribution is -0.130. The van der Waals surface area contributed by atoms with Gasteiger partial charge in [0.2, 0.25) is 5.91 Å². The molecule has 0 aromatic carbocycles. The highest BCUT2D eigenvalue weighted by atomic mass is 16.2. The Hall–Kier alpha value is -0.650. The van der Waals surface area contributed by atoms with Gasteiger partial charge in [-0.1, -0.05) is 0 Å². The molecule has 0 spiro atoms. The molecule has 1 unspecified atom stereocenters. The number of likely N-dealkylation sites (N-methyl/N-ethyl adjacent to an activating group) is 1. The highest BCUT2D eigenvalue weighted by molar-refractivity contribution is 5.76. The van der Waals surface area contributed by atoms with E-state index in [-0.39, 0.29) is 5.91 Å². The highest BCUT2D eigenvalue weighted by Crippen LogP contribution is 2.08. The first-order chi connectivity index (χ1) is 8.54. The molecule has 0 aromatic heterocycles. The van der Waals surface area contributed by atoms with Gasteiger partial charge in [0.25, 0.3) is 0 Å². The Balaban J connectivity index is 2.25. The Morgan fingerprint density at radius 1 is 1.44 bits per heavy atom. The Labute approximate surface area is 111 Å². The first-order valence-electron chi connectivity index (χ1n) is 6.91. The minimum atomic E-state index is 0.231. The molecule has 1 fully saturated rings. The van der Waals surface area contributed by atoms with Crippen LogP contribution in [0.3, 0.4) is 0 Å². The Morgan fingerprint density at radius 2 is 2.17 bits per heavy atom. The largest absolute Gasteiger partial charge is 0.346 e. The number of piperazine rings is 1. The number of nitrogens with zero attached hydrogens (tertiary/aromatic N) is 3. The second kappa shape index (κ2) is 7.71. The zero-order valence-corrected chi connectivity index (χ0v) is 12.1. The van der Waals surface area contributed by atoms with E-state index in [9.17, 15) is 4.79 Å². The lowest BCUT2D eigenvalue weighted by Gasteiger charge is -2.38. The van der Waals surface area contributed by atoms with Crippen molar-refractivity contribution in [2.45, 2.75) is 25.8 Å². The van der Waals surface area contributed by atoms with Gasteiger partial charge in [0.05, 0.1) is 0 Å². The van der Waals surface area contributed by atoms with Gasteiger partial charge in [0, 0.05) is 52.2 Å². The summed E-state index contributed by atoms with van der Waals surface area (Å²) in [5, 5.41) is 0. The monoisotopic (exact) mass is 256 g/mol. The zero-order chi connectivity index (χ0) is 13.5. The fourth-order valence-corrected chi connectivity index (χ4v) is 2.39. The number of carbonyl (C=O) groups excluding carboxylic acids is 1. The third-order valence-electron chi connectivity index (χ3n) is 3.70. The molecule has 1 saturated heterocycles. The number of rotatable bonds is 6.